The predicted molar refractivity (Wildman–Crippen MR) is 101 cm³/mol. The lowest BCUT2D eigenvalue weighted by Gasteiger charge is -2.35. The summed E-state index contributed by atoms with van der Waals surface area (Å²) in [7, 11) is 0. The van der Waals surface area contributed by atoms with Crippen molar-refractivity contribution >= 4 is 23.2 Å². The largest absolute Gasteiger partial charge is 0.464 e. The summed E-state index contributed by atoms with van der Waals surface area (Å²) in [6.45, 7) is 5.96. The number of nitrogens with one attached hydrogen (secondary N) is 1. The smallest absolute Gasteiger partial charge is 0.331 e. The van der Waals surface area contributed by atoms with Gasteiger partial charge in [0.1, 0.15) is 5.54 Å². The minimum Gasteiger partial charge on any atom is -0.464 e. The molecule has 140 valence electrons. The number of ether oxygens (including phenoxy) is 1. The molecule has 26 heavy (non-hydrogen) atoms. The van der Waals surface area contributed by atoms with Crippen molar-refractivity contribution in [2.45, 2.75) is 58.4 Å². The van der Waals surface area contributed by atoms with Crippen LogP contribution in [-0.2, 0) is 9.53 Å². The Labute approximate surface area is 157 Å². The van der Waals surface area contributed by atoms with Crippen LogP contribution in [0.2, 0.25) is 0 Å². The van der Waals surface area contributed by atoms with E-state index < -0.39 is 5.54 Å². The van der Waals surface area contributed by atoms with Crippen molar-refractivity contribution in [1.82, 2.24) is 14.9 Å². The molecule has 2 heterocycles. The summed E-state index contributed by atoms with van der Waals surface area (Å²) in [4.78, 5) is 30.0. The van der Waals surface area contributed by atoms with E-state index in [2.05, 4.69) is 10.3 Å². The van der Waals surface area contributed by atoms with Gasteiger partial charge in [-0.3, -0.25) is 9.36 Å². The maximum Gasteiger partial charge on any atom is 0.331 e. The predicted octanol–water partition coefficient (Wildman–Crippen LogP) is 3.55. The van der Waals surface area contributed by atoms with Gasteiger partial charge in [-0.2, -0.15) is 0 Å². The number of aryl methyl sites for hydroxylation is 1. The lowest BCUT2D eigenvalue weighted by atomic mass is 9.81. The van der Waals surface area contributed by atoms with Gasteiger partial charge in [-0.05, 0) is 39.7 Å². The standard InChI is InChI=1S/C19H25N3O3S/c1-4-25-17(24)19(8-6-5-7-9-19)21-16(23)15-12-13(2)22(14(15)3)18-20-10-11-26-18/h10-12H,4-9H2,1-3H3,(H,21,23). The first-order chi connectivity index (χ1) is 12.5. The van der Waals surface area contributed by atoms with Crippen LogP contribution in [0.5, 0.6) is 0 Å². The van der Waals surface area contributed by atoms with E-state index in [0.29, 0.717) is 25.0 Å². The quantitative estimate of drug-likeness (QED) is 0.811. The van der Waals surface area contributed by atoms with Crippen LogP contribution < -0.4 is 5.32 Å². The summed E-state index contributed by atoms with van der Waals surface area (Å²) in [6, 6.07) is 1.85. The zero-order valence-electron chi connectivity index (χ0n) is 15.5. The highest BCUT2D eigenvalue weighted by atomic mass is 32.1. The van der Waals surface area contributed by atoms with Gasteiger partial charge in [0.15, 0.2) is 5.13 Å². The van der Waals surface area contributed by atoms with Crippen LogP contribution in [0.25, 0.3) is 5.13 Å². The van der Waals surface area contributed by atoms with E-state index in [0.717, 1.165) is 35.8 Å². The first kappa shape index (κ1) is 18.6. The van der Waals surface area contributed by atoms with E-state index in [1.54, 1.807) is 13.1 Å². The van der Waals surface area contributed by atoms with Crippen molar-refractivity contribution < 1.29 is 14.3 Å². The molecule has 3 rings (SSSR count). The second-order valence-corrected chi connectivity index (χ2v) is 7.63. The van der Waals surface area contributed by atoms with Gasteiger partial charge < -0.3 is 10.1 Å². The molecular weight excluding hydrogens is 350 g/mol. The number of amides is 1. The van der Waals surface area contributed by atoms with Crippen LogP contribution in [0, 0.1) is 13.8 Å². The summed E-state index contributed by atoms with van der Waals surface area (Å²) in [5.41, 5.74) is 1.43. The third kappa shape index (κ3) is 3.40. The van der Waals surface area contributed by atoms with Crippen LogP contribution in [0.3, 0.4) is 0 Å². The zero-order chi connectivity index (χ0) is 18.7. The Morgan fingerprint density at radius 2 is 2.04 bits per heavy atom. The average molecular weight is 375 g/mol. The van der Waals surface area contributed by atoms with Gasteiger partial charge in [-0.15, -0.1) is 11.3 Å². The number of carbonyl (C=O) groups is 2. The van der Waals surface area contributed by atoms with Crippen molar-refractivity contribution in [2.24, 2.45) is 0 Å². The average Bonchev–Trinajstić information content (AvgIpc) is 3.23. The number of esters is 1. The van der Waals surface area contributed by atoms with Gasteiger partial charge in [0.25, 0.3) is 5.91 Å². The van der Waals surface area contributed by atoms with Gasteiger partial charge in [0.05, 0.1) is 12.2 Å². The van der Waals surface area contributed by atoms with Crippen LogP contribution in [0.4, 0.5) is 0 Å². The molecular formula is C19H25N3O3S. The van der Waals surface area contributed by atoms with Crippen molar-refractivity contribution in [3.63, 3.8) is 0 Å². The van der Waals surface area contributed by atoms with E-state index in [-0.39, 0.29) is 11.9 Å². The van der Waals surface area contributed by atoms with Crippen LogP contribution >= 0.6 is 11.3 Å². The molecule has 1 N–H and O–H groups in total. The van der Waals surface area contributed by atoms with E-state index in [1.807, 2.05) is 29.9 Å². The fraction of sp³-hybridized carbons (Fsp3) is 0.526. The molecule has 0 unspecified atom stereocenters. The number of thiazole rings is 1. The lowest BCUT2D eigenvalue weighted by molar-refractivity contribution is -0.152. The summed E-state index contributed by atoms with van der Waals surface area (Å²) >= 11 is 1.52. The molecule has 6 nitrogen and oxygen atoms in total. The first-order valence-electron chi connectivity index (χ1n) is 9.07. The number of aromatic nitrogens is 2. The van der Waals surface area contributed by atoms with E-state index in [1.165, 1.54) is 11.3 Å². The minimum atomic E-state index is -0.908. The molecule has 1 fully saturated rings. The van der Waals surface area contributed by atoms with Gasteiger partial charge in [-0.1, -0.05) is 19.3 Å². The molecule has 0 saturated heterocycles. The highest BCUT2D eigenvalue weighted by Gasteiger charge is 2.42. The molecule has 0 bridgehead atoms. The van der Waals surface area contributed by atoms with E-state index >= 15 is 0 Å². The molecule has 1 amide bonds. The van der Waals surface area contributed by atoms with E-state index in [4.69, 9.17) is 4.74 Å². The molecule has 2 aromatic heterocycles. The molecule has 1 aliphatic carbocycles. The Kier molecular flexibility index (Phi) is 5.46. The van der Waals surface area contributed by atoms with Gasteiger partial charge >= 0.3 is 5.97 Å². The van der Waals surface area contributed by atoms with Crippen molar-refractivity contribution in [3.8, 4) is 5.13 Å². The molecule has 1 saturated carbocycles. The molecule has 0 radical (unpaired) electrons. The van der Waals surface area contributed by atoms with Crippen LogP contribution in [-0.4, -0.2) is 33.6 Å². The Morgan fingerprint density at radius 3 is 2.65 bits per heavy atom. The maximum absolute atomic E-state index is 13.0. The maximum atomic E-state index is 13.0. The van der Waals surface area contributed by atoms with Crippen molar-refractivity contribution in [3.05, 3.63) is 34.6 Å². The van der Waals surface area contributed by atoms with Gasteiger partial charge in [-0.25, -0.2) is 9.78 Å². The Morgan fingerprint density at radius 1 is 1.31 bits per heavy atom. The third-order valence-corrected chi connectivity index (χ3v) is 5.77. The fourth-order valence-corrected chi connectivity index (χ4v) is 4.45. The third-order valence-electron chi connectivity index (χ3n) is 5.01. The van der Waals surface area contributed by atoms with Crippen molar-refractivity contribution in [2.75, 3.05) is 6.61 Å². The second kappa shape index (κ2) is 7.61. The topological polar surface area (TPSA) is 73.2 Å². The number of hydrogen-bond acceptors (Lipinski definition) is 5. The fourth-order valence-electron chi connectivity index (χ4n) is 3.70. The summed E-state index contributed by atoms with van der Waals surface area (Å²) in [5.74, 6) is -0.544. The number of carbonyl (C=O) groups excluding carboxylic acids is 2. The first-order valence-corrected chi connectivity index (χ1v) is 9.95. The number of rotatable bonds is 5. The molecule has 0 atom stereocenters. The Bertz CT molecular complexity index is 789. The monoisotopic (exact) mass is 375 g/mol. The molecule has 2 aromatic rings. The lowest BCUT2D eigenvalue weighted by Crippen LogP contribution is -2.56. The normalized spacial score (nSPS) is 16.3. The number of hydrogen-bond donors (Lipinski definition) is 1. The van der Waals surface area contributed by atoms with Gasteiger partial charge in [0, 0.05) is 23.0 Å². The highest BCUT2D eigenvalue weighted by Crippen LogP contribution is 2.31. The summed E-state index contributed by atoms with van der Waals surface area (Å²) in [6.07, 6.45) is 5.91. The second-order valence-electron chi connectivity index (χ2n) is 6.75. The van der Waals surface area contributed by atoms with Gasteiger partial charge in [0.2, 0.25) is 0 Å². The minimum absolute atomic E-state index is 0.226. The zero-order valence-corrected chi connectivity index (χ0v) is 16.3. The van der Waals surface area contributed by atoms with Crippen LogP contribution in [0.1, 0.15) is 60.8 Å². The molecule has 0 aliphatic heterocycles. The van der Waals surface area contributed by atoms with E-state index in [9.17, 15) is 9.59 Å². The number of nitrogens with zero attached hydrogens (tertiary/aromatic N) is 2. The molecule has 7 heteroatoms. The summed E-state index contributed by atoms with van der Waals surface area (Å²) < 4.78 is 7.24. The summed E-state index contributed by atoms with van der Waals surface area (Å²) in [5, 5.41) is 5.75. The Balaban J connectivity index is 1.89. The molecule has 0 aromatic carbocycles. The molecule has 1 aliphatic rings. The van der Waals surface area contributed by atoms with Crippen LogP contribution in [0.15, 0.2) is 17.6 Å². The molecule has 0 spiro atoms. The Hall–Kier alpha value is -2.15. The van der Waals surface area contributed by atoms with Crippen molar-refractivity contribution in [1.29, 1.82) is 0 Å². The SMILES string of the molecule is CCOC(=O)C1(NC(=O)c2cc(C)n(-c3nccs3)c2C)CCCCC1. The highest BCUT2D eigenvalue weighted by molar-refractivity contribution is 7.12.